The number of hydrogen-bond acceptors (Lipinski definition) is 6. The lowest BCUT2D eigenvalue weighted by Gasteiger charge is -2.01. The second-order valence-corrected chi connectivity index (χ2v) is 5.34. The Bertz CT molecular complexity index is 886. The van der Waals surface area contributed by atoms with E-state index in [-0.39, 0.29) is 15.7 Å². The van der Waals surface area contributed by atoms with Crippen LogP contribution < -0.4 is 0 Å². The van der Waals surface area contributed by atoms with Gasteiger partial charge in [-0.1, -0.05) is 23.5 Å². The first-order valence-corrected chi connectivity index (χ1v) is 6.64. The molecule has 0 aliphatic carbocycles. The number of nitro benzene ring substituents is 1. The van der Waals surface area contributed by atoms with Crippen molar-refractivity contribution in [1.29, 1.82) is 0 Å². The molecule has 3 aromatic rings. The number of nitrogens with zero attached hydrogens (tertiary/aromatic N) is 5. The standard InChI is InChI=1S/C11H6F3N5O2S/c1-5-2-3-6(4-7(5)19(20)21)8-17-18-9(11(12,13)14)15-16-10(18)22-8/h2-4H,1H3. The molecule has 11 heteroatoms. The Morgan fingerprint density at radius 3 is 2.68 bits per heavy atom. The Kier molecular flexibility index (Phi) is 3.09. The predicted molar refractivity (Wildman–Crippen MR) is 70.5 cm³/mol. The van der Waals surface area contributed by atoms with Gasteiger partial charge in [-0.15, -0.1) is 10.2 Å². The van der Waals surface area contributed by atoms with Crippen LogP contribution in [0, 0.1) is 17.0 Å². The molecule has 0 fully saturated rings. The van der Waals surface area contributed by atoms with E-state index in [4.69, 9.17) is 0 Å². The van der Waals surface area contributed by atoms with Gasteiger partial charge >= 0.3 is 6.18 Å². The smallest absolute Gasteiger partial charge is 0.258 e. The van der Waals surface area contributed by atoms with E-state index in [1.54, 1.807) is 13.0 Å². The number of nitro groups is 1. The average molecular weight is 329 g/mol. The number of aromatic nitrogens is 4. The van der Waals surface area contributed by atoms with Crippen molar-refractivity contribution in [2.45, 2.75) is 13.1 Å². The average Bonchev–Trinajstić information content (AvgIpc) is 2.97. The van der Waals surface area contributed by atoms with Crippen LogP contribution in [0.5, 0.6) is 0 Å². The highest BCUT2D eigenvalue weighted by Gasteiger charge is 2.38. The molecule has 0 N–H and O–H groups in total. The predicted octanol–water partition coefficient (Wildman–Crippen LogP) is 3.09. The molecule has 0 atom stereocenters. The fourth-order valence-electron chi connectivity index (χ4n) is 1.85. The van der Waals surface area contributed by atoms with Gasteiger partial charge in [0.1, 0.15) is 5.01 Å². The number of alkyl halides is 3. The molecule has 0 saturated carbocycles. The molecule has 0 amide bonds. The van der Waals surface area contributed by atoms with Gasteiger partial charge in [0.2, 0.25) is 4.96 Å². The van der Waals surface area contributed by atoms with Crippen LogP contribution in [0.15, 0.2) is 18.2 Å². The van der Waals surface area contributed by atoms with Crippen LogP contribution in [-0.2, 0) is 6.18 Å². The zero-order chi connectivity index (χ0) is 16.1. The summed E-state index contributed by atoms with van der Waals surface area (Å²) in [5.74, 6) is -1.23. The first kappa shape index (κ1) is 14.4. The van der Waals surface area contributed by atoms with E-state index in [9.17, 15) is 23.3 Å². The number of fused-ring (bicyclic) bond motifs is 1. The molecule has 1 aromatic carbocycles. The van der Waals surface area contributed by atoms with Gasteiger partial charge in [0.05, 0.1) is 4.92 Å². The molecular formula is C11H6F3N5O2S. The van der Waals surface area contributed by atoms with Gasteiger partial charge in [0.15, 0.2) is 0 Å². The Balaban J connectivity index is 2.13. The maximum atomic E-state index is 12.7. The number of hydrogen-bond donors (Lipinski definition) is 0. The van der Waals surface area contributed by atoms with Gasteiger partial charge in [0, 0.05) is 17.2 Å². The summed E-state index contributed by atoms with van der Waals surface area (Å²) in [7, 11) is 0. The topological polar surface area (TPSA) is 86.2 Å². The number of benzene rings is 1. The molecule has 0 radical (unpaired) electrons. The second-order valence-electron chi connectivity index (χ2n) is 4.38. The van der Waals surface area contributed by atoms with Gasteiger partial charge in [-0.2, -0.15) is 22.8 Å². The van der Waals surface area contributed by atoms with E-state index in [1.807, 2.05) is 0 Å². The SMILES string of the molecule is Cc1ccc(-c2nn3c(C(F)(F)F)nnc3s2)cc1[N+](=O)[O-]. The van der Waals surface area contributed by atoms with Crippen LogP contribution in [0.3, 0.4) is 0 Å². The van der Waals surface area contributed by atoms with Crippen molar-refractivity contribution < 1.29 is 18.1 Å². The molecule has 0 aliphatic heterocycles. The highest BCUT2D eigenvalue weighted by Crippen LogP contribution is 2.33. The molecule has 0 bridgehead atoms. The van der Waals surface area contributed by atoms with Gasteiger partial charge in [-0.25, -0.2) is 0 Å². The minimum atomic E-state index is -4.68. The third-order valence-corrected chi connectivity index (χ3v) is 3.85. The summed E-state index contributed by atoms with van der Waals surface area (Å²) < 4.78 is 38.8. The summed E-state index contributed by atoms with van der Waals surface area (Å²) in [4.78, 5) is 10.3. The summed E-state index contributed by atoms with van der Waals surface area (Å²) in [5, 5.41) is 21.4. The molecule has 0 unspecified atom stereocenters. The van der Waals surface area contributed by atoms with Crippen molar-refractivity contribution in [2.24, 2.45) is 0 Å². The van der Waals surface area contributed by atoms with E-state index >= 15 is 0 Å². The number of aryl methyl sites for hydroxylation is 1. The maximum absolute atomic E-state index is 12.7. The summed E-state index contributed by atoms with van der Waals surface area (Å²) in [6.07, 6.45) is -4.68. The highest BCUT2D eigenvalue weighted by atomic mass is 32.1. The molecular weight excluding hydrogens is 323 g/mol. The Morgan fingerprint density at radius 2 is 2.05 bits per heavy atom. The largest absolute Gasteiger partial charge is 0.453 e. The summed E-state index contributed by atoms with van der Waals surface area (Å²) in [6, 6.07) is 4.34. The van der Waals surface area contributed by atoms with E-state index in [0.29, 0.717) is 15.6 Å². The van der Waals surface area contributed by atoms with Crippen molar-refractivity contribution in [3.8, 4) is 10.6 Å². The Hall–Kier alpha value is -2.56. The fourth-order valence-corrected chi connectivity index (χ4v) is 2.69. The molecule has 114 valence electrons. The van der Waals surface area contributed by atoms with E-state index in [1.165, 1.54) is 12.1 Å². The summed E-state index contributed by atoms with van der Waals surface area (Å²) in [5.41, 5.74) is 0.674. The first-order valence-electron chi connectivity index (χ1n) is 5.82. The maximum Gasteiger partial charge on any atom is 0.453 e. The summed E-state index contributed by atoms with van der Waals surface area (Å²) in [6.45, 7) is 1.57. The van der Waals surface area contributed by atoms with Gasteiger partial charge in [-0.05, 0) is 6.92 Å². The third kappa shape index (κ3) is 2.28. The third-order valence-electron chi connectivity index (χ3n) is 2.90. The molecule has 22 heavy (non-hydrogen) atoms. The molecule has 7 nitrogen and oxygen atoms in total. The Labute approximate surface area is 124 Å². The van der Waals surface area contributed by atoms with E-state index < -0.39 is 16.9 Å². The molecule has 0 spiro atoms. The lowest BCUT2D eigenvalue weighted by Crippen LogP contribution is -2.11. The van der Waals surface area contributed by atoms with Crippen molar-refractivity contribution in [2.75, 3.05) is 0 Å². The van der Waals surface area contributed by atoms with Gasteiger partial charge in [-0.3, -0.25) is 10.1 Å². The highest BCUT2D eigenvalue weighted by molar-refractivity contribution is 7.19. The zero-order valence-corrected chi connectivity index (χ0v) is 11.6. The molecule has 0 saturated heterocycles. The normalized spacial score (nSPS) is 12.0. The lowest BCUT2D eigenvalue weighted by molar-refractivity contribution is -0.385. The number of halogens is 3. The van der Waals surface area contributed by atoms with Crippen LogP contribution in [0.2, 0.25) is 0 Å². The van der Waals surface area contributed by atoms with E-state index in [0.717, 1.165) is 11.3 Å². The van der Waals surface area contributed by atoms with Crippen molar-refractivity contribution in [3.63, 3.8) is 0 Å². The first-order chi connectivity index (χ1) is 10.3. The minimum absolute atomic E-state index is 0.0365. The molecule has 2 heterocycles. The molecule has 0 aliphatic rings. The van der Waals surface area contributed by atoms with Gasteiger partial charge in [0.25, 0.3) is 11.5 Å². The van der Waals surface area contributed by atoms with Crippen molar-refractivity contribution >= 4 is 22.0 Å². The minimum Gasteiger partial charge on any atom is -0.258 e. The van der Waals surface area contributed by atoms with Crippen LogP contribution in [0.25, 0.3) is 15.5 Å². The van der Waals surface area contributed by atoms with Gasteiger partial charge < -0.3 is 0 Å². The van der Waals surface area contributed by atoms with Crippen LogP contribution >= 0.6 is 11.3 Å². The van der Waals surface area contributed by atoms with E-state index in [2.05, 4.69) is 15.3 Å². The van der Waals surface area contributed by atoms with Crippen LogP contribution in [-0.4, -0.2) is 24.7 Å². The van der Waals surface area contributed by atoms with Crippen LogP contribution in [0.1, 0.15) is 11.4 Å². The second kappa shape index (κ2) is 4.73. The monoisotopic (exact) mass is 329 g/mol. The lowest BCUT2D eigenvalue weighted by atomic mass is 10.1. The summed E-state index contributed by atoms with van der Waals surface area (Å²) >= 11 is 0.869. The van der Waals surface area contributed by atoms with Crippen LogP contribution in [0.4, 0.5) is 18.9 Å². The Morgan fingerprint density at radius 1 is 1.32 bits per heavy atom. The quantitative estimate of drug-likeness (QED) is 0.533. The molecule has 3 rings (SSSR count). The van der Waals surface area contributed by atoms with Crippen molar-refractivity contribution in [1.82, 2.24) is 19.8 Å². The van der Waals surface area contributed by atoms with Crippen molar-refractivity contribution in [3.05, 3.63) is 39.7 Å². The molecule has 2 aromatic heterocycles. The zero-order valence-electron chi connectivity index (χ0n) is 10.8. The fraction of sp³-hybridized carbons (Fsp3) is 0.182. The number of rotatable bonds is 2.